The highest BCUT2D eigenvalue weighted by atomic mass is 35.5. The molecule has 1 aromatic carbocycles. The van der Waals surface area contributed by atoms with E-state index in [9.17, 15) is 4.79 Å². The van der Waals surface area contributed by atoms with Gasteiger partial charge in [0, 0.05) is 31.8 Å². The zero-order valence-corrected chi connectivity index (χ0v) is 12.8. The van der Waals surface area contributed by atoms with Gasteiger partial charge in [-0.1, -0.05) is 23.2 Å². The van der Waals surface area contributed by atoms with Crippen molar-refractivity contribution in [2.45, 2.75) is 13.1 Å². The third-order valence-corrected chi connectivity index (χ3v) is 4.47. The number of ether oxygens (including phenoxy) is 1. The molecule has 5 nitrogen and oxygen atoms in total. The molecular weight excluding hydrogens is 313 g/mol. The first kappa shape index (κ1) is 14.4. The number of methoxy groups -OCH3 is 1. The van der Waals surface area contributed by atoms with Crippen molar-refractivity contribution in [2.75, 3.05) is 19.5 Å². The molecule has 7 heteroatoms. The number of fused-ring (bicyclic) bond motifs is 3. The Kier molecular flexibility index (Phi) is 3.65. The summed E-state index contributed by atoms with van der Waals surface area (Å²) in [5.41, 5.74) is 8.89. The topological polar surface area (TPSA) is 68.5 Å². The van der Waals surface area contributed by atoms with Gasteiger partial charge in [0.15, 0.2) is 0 Å². The maximum atomic E-state index is 11.9. The number of rotatable bonds is 2. The molecule has 110 valence electrons. The predicted octanol–water partition coefficient (Wildman–Crippen LogP) is 2.61. The Hall–Kier alpha value is -1.56. The van der Waals surface area contributed by atoms with Gasteiger partial charge in [0.1, 0.15) is 6.61 Å². The Balaban J connectivity index is 2.09. The van der Waals surface area contributed by atoms with Gasteiger partial charge >= 0.3 is 0 Å². The highest BCUT2D eigenvalue weighted by Gasteiger charge is 2.26. The van der Waals surface area contributed by atoms with Crippen molar-refractivity contribution < 1.29 is 9.53 Å². The lowest BCUT2D eigenvalue weighted by Crippen LogP contribution is -2.28. The molecule has 0 atom stereocenters. The first-order valence-corrected chi connectivity index (χ1v) is 7.09. The molecule has 3 rings (SSSR count). The number of benzene rings is 1. The monoisotopic (exact) mass is 325 g/mol. The van der Waals surface area contributed by atoms with Gasteiger partial charge in [-0.05, 0) is 17.2 Å². The summed E-state index contributed by atoms with van der Waals surface area (Å²) < 4.78 is 4.89. The lowest BCUT2D eigenvalue weighted by molar-refractivity contribution is -0.135. The Morgan fingerprint density at radius 1 is 1.43 bits per heavy atom. The van der Waals surface area contributed by atoms with E-state index in [-0.39, 0.29) is 12.5 Å². The van der Waals surface area contributed by atoms with Crippen molar-refractivity contribution in [3.63, 3.8) is 0 Å². The van der Waals surface area contributed by atoms with Crippen molar-refractivity contribution in [1.82, 2.24) is 9.88 Å². The average Bonchev–Trinajstić information content (AvgIpc) is 2.89. The Morgan fingerprint density at radius 3 is 2.90 bits per heavy atom. The molecule has 0 bridgehead atoms. The molecule has 0 saturated heterocycles. The fourth-order valence-corrected chi connectivity index (χ4v) is 2.96. The largest absolute Gasteiger partial charge is 0.397 e. The van der Waals surface area contributed by atoms with Crippen LogP contribution >= 0.6 is 23.2 Å². The van der Waals surface area contributed by atoms with Crippen LogP contribution in [-0.2, 0) is 22.6 Å². The van der Waals surface area contributed by atoms with E-state index in [1.807, 2.05) is 0 Å². The summed E-state index contributed by atoms with van der Waals surface area (Å²) in [6, 6.07) is 1.76. The summed E-state index contributed by atoms with van der Waals surface area (Å²) in [4.78, 5) is 18.0. The van der Waals surface area contributed by atoms with E-state index in [2.05, 4.69) is 4.98 Å². The van der Waals surface area contributed by atoms with E-state index in [1.54, 1.807) is 17.2 Å². The second-order valence-corrected chi connectivity index (χ2v) is 5.69. The molecule has 0 radical (unpaired) electrons. The number of anilines is 1. The first-order chi connectivity index (χ1) is 10.0. The molecule has 2 N–H and O–H groups in total. The third kappa shape index (κ3) is 2.31. The molecule has 0 unspecified atom stereocenters. The quantitative estimate of drug-likeness (QED) is 0.862. The van der Waals surface area contributed by atoms with Gasteiger partial charge in [0.2, 0.25) is 5.91 Å². The standard InChI is InChI=1S/C14H13Cl2N3O2/c1-21-6-11(20)19-4-7-3-18-14-8(9(7)5-19)2-10(17)12(15)13(14)16/h2-3H,4-6,17H2,1H3. The molecule has 2 aromatic rings. The van der Waals surface area contributed by atoms with Crippen LogP contribution in [0.5, 0.6) is 0 Å². The van der Waals surface area contributed by atoms with E-state index in [1.165, 1.54) is 7.11 Å². The van der Waals surface area contributed by atoms with Gasteiger partial charge < -0.3 is 15.4 Å². The number of aromatic nitrogens is 1. The van der Waals surface area contributed by atoms with Crippen LogP contribution in [0.4, 0.5) is 5.69 Å². The summed E-state index contributed by atoms with van der Waals surface area (Å²) in [6.45, 7) is 1.07. The van der Waals surface area contributed by atoms with Crippen LogP contribution in [0.25, 0.3) is 10.9 Å². The Labute approximate surface area is 131 Å². The lowest BCUT2D eigenvalue weighted by Gasteiger charge is -2.14. The van der Waals surface area contributed by atoms with Gasteiger partial charge in [-0.2, -0.15) is 0 Å². The van der Waals surface area contributed by atoms with E-state index in [0.29, 0.717) is 34.3 Å². The number of amides is 1. The van der Waals surface area contributed by atoms with Crippen LogP contribution in [0.1, 0.15) is 11.1 Å². The average molecular weight is 326 g/mol. The molecule has 1 aromatic heterocycles. The van der Waals surface area contributed by atoms with Gasteiger partial charge in [-0.15, -0.1) is 0 Å². The highest BCUT2D eigenvalue weighted by Crippen LogP contribution is 2.38. The molecule has 21 heavy (non-hydrogen) atoms. The highest BCUT2D eigenvalue weighted by molar-refractivity contribution is 6.46. The molecular formula is C14H13Cl2N3O2. The van der Waals surface area contributed by atoms with Crippen molar-refractivity contribution in [3.05, 3.63) is 33.4 Å². The van der Waals surface area contributed by atoms with Crippen molar-refractivity contribution in [3.8, 4) is 0 Å². The maximum absolute atomic E-state index is 11.9. The molecule has 0 spiro atoms. The Morgan fingerprint density at radius 2 is 2.19 bits per heavy atom. The number of hydrogen-bond acceptors (Lipinski definition) is 4. The third-order valence-electron chi connectivity index (χ3n) is 3.60. The zero-order chi connectivity index (χ0) is 15.1. The minimum Gasteiger partial charge on any atom is -0.397 e. The smallest absolute Gasteiger partial charge is 0.249 e. The van der Waals surface area contributed by atoms with Crippen LogP contribution in [0.3, 0.4) is 0 Å². The van der Waals surface area contributed by atoms with Crippen LogP contribution in [0.15, 0.2) is 12.3 Å². The van der Waals surface area contributed by atoms with E-state index < -0.39 is 0 Å². The van der Waals surface area contributed by atoms with Crippen LogP contribution in [-0.4, -0.2) is 29.5 Å². The van der Waals surface area contributed by atoms with E-state index >= 15 is 0 Å². The SMILES string of the molecule is COCC(=O)N1Cc2cnc3c(Cl)c(Cl)c(N)cc3c2C1. The minimum atomic E-state index is -0.0603. The second kappa shape index (κ2) is 5.33. The summed E-state index contributed by atoms with van der Waals surface area (Å²) in [7, 11) is 1.50. The van der Waals surface area contributed by atoms with Gasteiger partial charge in [-0.25, -0.2) is 0 Å². The first-order valence-electron chi connectivity index (χ1n) is 6.33. The summed E-state index contributed by atoms with van der Waals surface area (Å²) >= 11 is 12.3. The second-order valence-electron chi connectivity index (χ2n) is 4.93. The molecule has 2 heterocycles. The van der Waals surface area contributed by atoms with Crippen molar-refractivity contribution in [1.29, 1.82) is 0 Å². The minimum absolute atomic E-state index is 0.0603. The van der Waals surface area contributed by atoms with Crippen molar-refractivity contribution in [2.24, 2.45) is 0 Å². The van der Waals surface area contributed by atoms with Gasteiger partial charge in [-0.3, -0.25) is 9.78 Å². The summed E-state index contributed by atoms with van der Waals surface area (Å²) in [6.07, 6.45) is 1.73. The Bertz CT molecular complexity index is 749. The van der Waals surface area contributed by atoms with Crippen LogP contribution < -0.4 is 5.73 Å². The zero-order valence-electron chi connectivity index (χ0n) is 11.3. The molecule has 1 amide bonds. The molecule has 0 saturated carbocycles. The summed E-state index contributed by atoms with van der Waals surface area (Å²) in [5, 5.41) is 1.49. The number of nitrogens with two attached hydrogens (primary N) is 1. The van der Waals surface area contributed by atoms with Crippen molar-refractivity contribution >= 4 is 45.7 Å². The lowest BCUT2D eigenvalue weighted by atomic mass is 10.1. The number of carbonyl (C=O) groups excluding carboxylic acids is 1. The molecule has 1 aliphatic rings. The predicted molar refractivity (Wildman–Crippen MR) is 82.3 cm³/mol. The molecule has 1 aliphatic heterocycles. The van der Waals surface area contributed by atoms with Gasteiger partial charge in [0.05, 0.1) is 21.2 Å². The van der Waals surface area contributed by atoms with E-state index in [4.69, 9.17) is 33.7 Å². The maximum Gasteiger partial charge on any atom is 0.249 e. The normalized spacial score (nSPS) is 13.8. The number of hydrogen-bond donors (Lipinski definition) is 1. The van der Waals surface area contributed by atoms with Crippen LogP contribution in [0.2, 0.25) is 10.0 Å². The number of pyridine rings is 1. The number of carbonyl (C=O) groups is 1. The number of halogens is 2. The molecule has 0 aliphatic carbocycles. The number of nitrogens with zero attached hydrogens (tertiary/aromatic N) is 2. The fourth-order valence-electron chi connectivity index (χ4n) is 2.55. The number of nitrogen functional groups attached to an aromatic ring is 1. The molecule has 0 fully saturated rings. The summed E-state index contributed by atoms with van der Waals surface area (Å²) in [5.74, 6) is -0.0603. The fraction of sp³-hybridized carbons (Fsp3) is 0.286. The van der Waals surface area contributed by atoms with Gasteiger partial charge in [0.25, 0.3) is 0 Å². The van der Waals surface area contributed by atoms with Crippen LogP contribution in [0, 0.1) is 0 Å². The van der Waals surface area contributed by atoms with E-state index in [0.717, 1.165) is 16.5 Å².